The fraction of sp³-hybridized carbons (Fsp3) is 1.00. The standard InChI is InChI=1S/C8H17NO/c1-6-4-7(10)8(2,3)9-5-6/h6-7,9-10H,4-5H2,1-3H3/t6-,7+/m0/s1. The Hall–Kier alpha value is -0.0800. The third-order valence-electron chi connectivity index (χ3n) is 2.36. The fourth-order valence-electron chi connectivity index (χ4n) is 1.31. The molecule has 0 aromatic carbocycles. The van der Waals surface area contributed by atoms with Crippen molar-refractivity contribution in [3.05, 3.63) is 0 Å². The normalized spacial score (nSPS) is 39.6. The summed E-state index contributed by atoms with van der Waals surface area (Å²) < 4.78 is 0. The summed E-state index contributed by atoms with van der Waals surface area (Å²) in [5.74, 6) is 0.614. The van der Waals surface area contributed by atoms with Crippen molar-refractivity contribution in [1.82, 2.24) is 5.32 Å². The average Bonchev–Trinajstić information content (AvgIpc) is 1.81. The Bertz CT molecular complexity index is 122. The van der Waals surface area contributed by atoms with E-state index in [0.717, 1.165) is 13.0 Å². The Morgan fingerprint density at radius 2 is 2.10 bits per heavy atom. The molecule has 2 nitrogen and oxygen atoms in total. The lowest BCUT2D eigenvalue weighted by molar-refractivity contribution is 0.0319. The van der Waals surface area contributed by atoms with Gasteiger partial charge in [-0.2, -0.15) is 0 Å². The molecule has 2 N–H and O–H groups in total. The van der Waals surface area contributed by atoms with Crippen LogP contribution in [0.3, 0.4) is 0 Å². The third kappa shape index (κ3) is 1.50. The Kier molecular flexibility index (Phi) is 2.02. The number of piperidine rings is 1. The van der Waals surface area contributed by atoms with Crippen molar-refractivity contribution in [3.63, 3.8) is 0 Å². The van der Waals surface area contributed by atoms with E-state index in [1.54, 1.807) is 0 Å². The van der Waals surface area contributed by atoms with Gasteiger partial charge in [0.15, 0.2) is 0 Å². The average molecular weight is 143 g/mol. The van der Waals surface area contributed by atoms with Crippen LogP contribution in [0.25, 0.3) is 0 Å². The molecule has 0 unspecified atom stereocenters. The summed E-state index contributed by atoms with van der Waals surface area (Å²) in [6.07, 6.45) is 0.747. The molecule has 0 bridgehead atoms. The summed E-state index contributed by atoms with van der Waals surface area (Å²) >= 11 is 0. The van der Waals surface area contributed by atoms with Gasteiger partial charge in [-0.1, -0.05) is 6.92 Å². The number of nitrogens with one attached hydrogen (secondary N) is 1. The molecule has 60 valence electrons. The van der Waals surface area contributed by atoms with Crippen LogP contribution in [0, 0.1) is 5.92 Å². The highest BCUT2D eigenvalue weighted by Gasteiger charge is 2.32. The Morgan fingerprint density at radius 1 is 1.50 bits per heavy atom. The lowest BCUT2D eigenvalue weighted by Crippen LogP contribution is -2.55. The van der Waals surface area contributed by atoms with Crippen LogP contribution >= 0.6 is 0 Å². The van der Waals surface area contributed by atoms with Gasteiger partial charge in [-0.15, -0.1) is 0 Å². The van der Waals surface area contributed by atoms with Crippen LogP contribution in [0.4, 0.5) is 0 Å². The molecule has 2 atom stereocenters. The van der Waals surface area contributed by atoms with Crippen molar-refractivity contribution in [2.24, 2.45) is 5.92 Å². The van der Waals surface area contributed by atoms with Crippen LogP contribution in [0.15, 0.2) is 0 Å². The molecule has 1 aliphatic heterocycles. The van der Waals surface area contributed by atoms with Gasteiger partial charge in [-0.05, 0) is 32.7 Å². The molecular weight excluding hydrogens is 126 g/mol. The first-order chi connectivity index (χ1) is 4.52. The fourth-order valence-corrected chi connectivity index (χ4v) is 1.31. The van der Waals surface area contributed by atoms with Crippen LogP contribution in [0.2, 0.25) is 0 Å². The van der Waals surface area contributed by atoms with Gasteiger partial charge in [0.2, 0.25) is 0 Å². The number of aliphatic hydroxyl groups excluding tert-OH is 1. The van der Waals surface area contributed by atoms with E-state index in [4.69, 9.17) is 0 Å². The van der Waals surface area contributed by atoms with Gasteiger partial charge in [0.1, 0.15) is 0 Å². The second-order valence-electron chi connectivity index (χ2n) is 3.96. The Labute approximate surface area is 62.6 Å². The zero-order valence-corrected chi connectivity index (χ0v) is 7.02. The number of hydrogen-bond acceptors (Lipinski definition) is 2. The second kappa shape index (κ2) is 2.51. The van der Waals surface area contributed by atoms with E-state index >= 15 is 0 Å². The number of rotatable bonds is 0. The number of hydrogen-bond donors (Lipinski definition) is 2. The first-order valence-corrected chi connectivity index (χ1v) is 3.95. The van der Waals surface area contributed by atoms with Crippen molar-refractivity contribution >= 4 is 0 Å². The van der Waals surface area contributed by atoms with Crippen molar-refractivity contribution in [3.8, 4) is 0 Å². The molecule has 10 heavy (non-hydrogen) atoms. The van der Waals surface area contributed by atoms with Gasteiger partial charge in [0.25, 0.3) is 0 Å². The van der Waals surface area contributed by atoms with Gasteiger partial charge in [-0.25, -0.2) is 0 Å². The maximum atomic E-state index is 9.54. The molecule has 0 saturated carbocycles. The summed E-state index contributed by atoms with van der Waals surface area (Å²) in [4.78, 5) is 0. The lowest BCUT2D eigenvalue weighted by atomic mass is 9.85. The molecule has 2 heteroatoms. The van der Waals surface area contributed by atoms with Gasteiger partial charge < -0.3 is 10.4 Å². The van der Waals surface area contributed by atoms with Gasteiger partial charge in [-0.3, -0.25) is 0 Å². The van der Waals surface area contributed by atoms with Crippen LogP contribution in [0.1, 0.15) is 27.2 Å². The molecule has 0 amide bonds. The van der Waals surface area contributed by atoms with E-state index in [1.807, 2.05) is 13.8 Å². The third-order valence-corrected chi connectivity index (χ3v) is 2.36. The summed E-state index contributed by atoms with van der Waals surface area (Å²) in [5.41, 5.74) is -0.0769. The van der Waals surface area contributed by atoms with Crippen molar-refractivity contribution in [2.75, 3.05) is 6.54 Å². The lowest BCUT2D eigenvalue weighted by Gasteiger charge is -2.39. The molecule has 1 saturated heterocycles. The minimum atomic E-state index is -0.184. The van der Waals surface area contributed by atoms with Crippen LogP contribution in [0.5, 0.6) is 0 Å². The Morgan fingerprint density at radius 3 is 2.50 bits per heavy atom. The highest BCUT2D eigenvalue weighted by molar-refractivity contribution is 4.91. The van der Waals surface area contributed by atoms with E-state index < -0.39 is 0 Å². The molecule has 0 aliphatic carbocycles. The summed E-state index contributed by atoms with van der Waals surface area (Å²) in [6, 6.07) is 0. The molecule has 0 aromatic heterocycles. The minimum Gasteiger partial charge on any atom is -0.391 e. The predicted molar refractivity (Wildman–Crippen MR) is 41.9 cm³/mol. The van der Waals surface area contributed by atoms with Crippen LogP contribution in [-0.4, -0.2) is 23.3 Å². The molecule has 0 aromatic rings. The minimum absolute atomic E-state index is 0.0769. The summed E-state index contributed by atoms with van der Waals surface area (Å²) in [5, 5.41) is 12.9. The molecule has 1 heterocycles. The van der Waals surface area contributed by atoms with Crippen LogP contribution in [-0.2, 0) is 0 Å². The topological polar surface area (TPSA) is 32.3 Å². The first-order valence-electron chi connectivity index (χ1n) is 3.95. The van der Waals surface area contributed by atoms with Crippen LogP contribution < -0.4 is 5.32 Å². The van der Waals surface area contributed by atoms with E-state index in [2.05, 4.69) is 12.2 Å². The molecule has 1 fully saturated rings. The molecule has 1 aliphatic rings. The van der Waals surface area contributed by atoms with E-state index in [0.29, 0.717) is 5.92 Å². The van der Waals surface area contributed by atoms with Gasteiger partial charge >= 0.3 is 0 Å². The van der Waals surface area contributed by atoms with Gasteiger partial charge in [0.05, 0.1) is 6.10 Å². The SMILES string of the molecule is C[C@@H]1CNC(C)(C)[C@H](O)C1. The van der Waals surface area contributed by atoms with E-state index in [-0.39, 0.29) is 11.6 Å². The maximum Gasteiger partial charge on any atom is 0.0719 e. The molecule has 1 rings (SSSR count). The van der Waals surface area contributed by atoms with Crippen molar-refractivity contribution in [2.45, 2.75) is 38.8 Å². The first kappa shape index (κ1) is 8.02. The summed E-state index contributed by atoms with van der Waals surface area (Å²) in [7, 11) is 0. The zero-order chi connectivity index (χ0) is 7.78. The van der Waals surface area contributed by atoms with Crippen molar-refractivity contribution < 1.29 is 5.11 Å². The van der Waals surface area contributed by atoms with E-state index in [9.17, 15) is 5.11 Å². The predicted octanol–water partition coefficient (Wildman–Crippen LogP) is 0.755. The Balaban J connectivity index is 2.52. The monoisotopic (exact) mass is 143 g/mol. The smallest absolute Gasteiger partial charge is 0.0719 e. The van der Waals surface area contributed by atoms with Crippen molar-refractivity contribution in [1.29, 1.82) is 0 Å². The highest BCUT2D eigenvalue weighted by atomic mass is 16.3. The number of aliphatic hydroxyl groups is 1. The largest absolute Gasteiger partial charge is 0.391 e. The summed E-state index contributed by atoms with van der Waals surface area (Å²) in [6.45, 7) is 7.28. The zero-order valence-electron chi connectivity index (χ0n) is 7.02. The molecule has 0 spiro atoms. The highest BCUT2D eigenvalue weighted by Crippen LogP contribution is 2.21. The molecular formula is C8H17NO. The second-order valence-corrected chi connectivity index (χ2v) is 3.96. The quantitative estimate of drug-likeness (QED) is 0.524. The molecule has 0 radical (unpaired) electrons. The van der Waals surface area contributed by atoms with E-state index in [1.165, 1.54) is 0 Å². The van der Waals surface area contributed by atoms with Gasteiger partial charge in [0, 0.05) is 5.54 Å². The maximum absolute atomic E-state index is 9.54.